The summed E-state index contributed by atoms with van der Waals surface area (Å²) >= 11 is 0. The van der Waals surface area contributed by atoms with Crippen LogP contribution in [-0.2, 0) is 4.79 Å². The molecule has 1 atom stereocenters. The summed E-state index contributed by atoms with van der Waals surface area (Å²) in [6, 6.07) is 4.31. The van der Waals surface area contributed by atoms with Crippen molar-refractivity contribution in [1.82, 2.24) is 14.9 Å². The van der Waals surface area contributed by atoms with Crippen LogP contribution in [0, 0.1) is 11.6 Å². The predicted octanol–water partition coefficient (Wildman–Crippen LogP) is 4.27. The molecule has 0 aliphatic carbocycles. The highest BCUT2D eigenvalue weighted by atomic mass is 19.1. The van der Waals surface area contributed by atoms with Crippen molar-refractivity contribution in [2.24, 2.45) is 0 Å². The number of carbonyl (C=O) groups excluding carboxylic acids is 1. The zero-order valence-electron chi connectivity index (χ0n) is 17.5. The number of aromatic nitrogens is 2. The van der Waals surface area contributed by atoms with Crippen LogP contribution in [0.1, 0.15) is 32.6 Å². The minimum absolute atomic E-state index is 0.0235. The van der Waals surface area contributed by atoms with E-state index in [2.05, 4.69) is 27.2 Å². The molecule has 0 spiro atoms. The summed E-state index contributed by atoms with van der Waals surface area (Å²) in [4.78, 5) is 21.6. The lowest BCUT2D eigenvalue weighted by molar-refractivity contribution is -0.127. The number of ether oxygens (including phenoxy) is 1. The van der Waals surface area contributed by atoms with E-state index in [-0.39, 0.29) is 29.5 Å². The molecule has 0 saturated carbocycles. The molecule has 2 N–H and O–H groups in total. The largest absolute Gasteiger partial charge is 0.491 e. The zero-order valence-corrected chi connectivity index (χ0v) is 17.5. The summed E-state index contributed by atoms with van der Waals surface area (Å²) < 4.78 is 33.9. The lowest BCUT2D eigenvalue weighted by Crippen LogP contribution is -2.44. The molecule has 0 radical (unpaired) electrons. The minimum Gasteiger partial charge on any atom is -0.491 e. The number of nitrogens with one attached hydrogen (secondary N) is 2. The average molecular weight is 431 g/mol. The summed E-state index contributed by atoms with van der Waals surface area (Å²) in [5.41, 5.74) is 0.415. The fourth-order valence-electron chi connectivity index (χ4n) is 3.30. The molecule has 3 rings (SSSR count). The number of piperidine rings is 1. The highest BCUT2D eigenvalue weighted by Gasteiger charge is 2.23. The molecule has 31 heavy (non-hydrogen) atoms. The number of halogens is 2. The van der Waals surface area contributed by atoms with Gasteiger partial charge in [-0.2, -0.15) is 4.98 Å². The molecule has 1 amide bonds. The van der Waals surface area contributed by atoms with E-state index in [9.17, 15) is 13.6 Å². The number of likely N-dealkylation sites (tertiary alicyclic amines) is 1. The van der Waals surface area contributed by atoms with Crippen molar-refractivity contribution in [2.45, 2.75) is 38.6 Å². The van der Waals surface area contributed by atoms with Crippen LogP contribution in [0.4, 0.5) is 26.2 Å². The first kappa shape index (κ1) is 22.5. The normalized spacial score (nSPS) is 16.0. The molecule has 1 aliphatic rings. The topological polar surface area (TPSA) is 79.4 Å². The van der Waals surface area contributed by atoms with E-state index in [0.717, 1.165) is 31.9 Å². The Kier molecular flexibility index (Phi) is 7.75. The van der Waals surface area contributed by atoms with Crippen molar-refractivity contribution in [3.05, 3.63) is 48.7 Å². The van der Waals surface area contributed by atoms with E-state index in [4.69, 9.17) is 4.74 Å². The first-order chi connectivity index (χ1) is 15.0. The number of benzene rings is 1. The summed E-state index contributed by atoms with van der Waals surface area (Å²) in [6.45, 7) is 7.07. The lowest BCUT2D eigenvalue weighted by atomic mass is 10.1. The van der Waals surface area contributed by atoms with E-state index in [1.165, 1.54) is 18.2 Å². The molecule has 2 heterocycles. The summed E-state index contributed by atoms with van der Waals surface area (Å²) in [7, 11) is 0. The van der Waals surface area contributed by atoms with Gasteiger partial charge in [-0.1, -0.05) is 19.9 Å². The van der Waals surface area contributed by atoms with Crippen molar-refractivity contribution >= 4 is 23.4 Å². The Morgan fingerprint density at radius 3 is 2.97 bits per heavy atom. The third-order valence-corrected chi connectivity index (χ3v) is 4.94. The molecular formula is C22H27F2N5O2. The van der Waals surface area contributed by atoms with Crippen LogP contribution >= 0.6 is 0 Å². The molecule has 0 bridgehead atoms. The Morgan fingerprint density at radius 2 is 2.23 bits per heavy atom. The molecule has 1 aliphatic heterocycles. The summed E-state index contributed by atoms with van der Waals surface area (Å²) in [5.74, 6) is -0.939. The minimum atomic E-state index is -0.608. The van der Waals surface area contributed by atoms with E-state index >= 15 is 0 Å². The second kappa shape index (κ2) is 10.7. The van der Waals surface area contributed by atoms with Crippen LogP contribution in [0.3, 0.4) is 0 Å². The number of rotatable bonds is 9. The van der Waals surface area contributed by atoms with Gasteiger partial charge in [0.25, 0.3) is 0 Å². The second-order valence-corrected chi connectivity index (χ2v) is 7.33. The molecule has 2 aromatic rings. The van der Waals surface area contributed by atoms with Gasteiger partial charge in [-0.05, 0) is 37.5 Å². The molecule has 1 aromatic carbocycles. The maximum atomic E-state index is 14.3. The van der Waals surface area contributed by atoms with Gasteiger partial charge in [-0.25, -0.2) is 13.8 Å². The SMILES string of the molecule is C=CC(=O)N1CCC[C@@H](Nc2nc(Nc3ccc(OCCCC)c(F)c3)ncc2F)C1. The number of anilines is 3. The molecule has 1 saturated heterocycles. The van der Waals surface area contributed by atoms with Crippen molar-refractivity contribution in [1.29, 1.82) is 0 Å². The van der Waals surface area contributed by atoms with Crippen LogP contribution in [0.2, 0.25) is 0 Å². The molecule has 166 valence electrons. The van der Waals surface area contributed by atoms with Gasteiger partial charge in [0.05, 0.1) is 12.8 Å². The van der Waals surface area contributed by atoms with Gasteiger partial charge >= 0.3 is 0 Å². The molecule has 1 fully saturated rings. The number of unbranched alkanes of at least 4 members (excludes halogenated alkanes) is 1. The van der Waals surface area contributed by atoms with Gasteiger partial charge in [0, 0.05) is 30.9 Å². The third-order valence-electron chi connectivity index (χ3n) is 4.94. The standard InChI is InChI=1S/C22H27F2N5O2/c1-3-5-11-31-19-9-8-15(12-17(19)23)27-22-25-13-18(24)21(28-22)26-16-7-6-10-29(14-16)20(30)4-2/h4,8-9,12-13,16H,2-3,5-7,10-11,14H2,1H3,(H2,25,26,27,28)/t16-/m1/s1. The Labute approximate surface area is 180 Å². The Morgan fingerprint density at radius 1 is 1.39 bits per heavy atom. The number of carbonyl (C=O) groups is 1. The Hall–Kier alpha value is -3.23. The molecule has 7 nitrogen and oxygen atoms in total. The fourth-order valence-corrected chi connectivity index (χ4v) is 3.30. The molecule has 9 heteroatoms. The van der Waals surface area contributed by atoms with Crippen LogP contribution in [-0.4, -0.2) is 46.5 Å². The average Bonchev–Trinajstić information content (AvgIpc) is 2.77. The Balaban J connectivity index is 1.66. The monoisotopic (exact) mass is 431 g/mol. The van der Waals surface area contributed by atoms with Gasteiger partial charge in [-0.15, -0.1) is 0 Å². The lowest BCUT2D eigenvalue weighted by Gasteiger charge is -2.32. The number of amides is 1. The second-order valence-electron chi connectivity index (χ2n) is 7.33. The maximum absolute atomic E-state index is 14.3. The summed E-state index contributed by atoms with van der Waals surface area (Å²) in [6.07, 6.45) is 5.70. The molecular weight excluding hydrogens is 404 g/mol. The van der Waals surface area contributed by atoms with E-state index in [0.29, 0.717) is 25.4 Å². The van der Waals surface area contributed by atoms with E-state index in [1.54, 1.807) is 11.0 Å². The van der Waals surface area contributed by atoms with Gasteiger partial charge in [0.2, 0.25) is 11.9 Å². The van der Waals surface area contributed by atoms with Crippen molar-refractivity contribution in [3.63, 3.8) is 0 Å². The maximum Gasteiger partial charge on any atom is 0.246 e. The van der Waals surface area contributed by atoms with Crippen LogP contribution < -0.4 is 15.4 Å². The van der Waals surface area contributed by atoms with Gasteiger partial charge in [0.1, 0.15) is 0 Å². The molecule has 0 unspecified atom stereocenters. The van der Waals surface area contributed by atoms with Crippen molar-refractivity contribution in [3.8, 4) is 5.75 Å². The van der Waals surface area contributed by atoms with Gasteiger partial charge < -0.3 is 20.3 Å². The predicted molar refractivity (Wildman–Crippen MR) is 115 cm³/mol. The van der Waals surface area contributed by atoms with E-state index < -0.39 is 11.6 Å². The highest BCUT2D eigenvalue weighted by molar-refractivity contribution is 5.87. The van der Waals surface area contributed by atoms with Gasteiger partial charge in [-0.3, -0.25) is 4.79 Å². The summed E-state index contributed by atoms with van der Waals surface area (Å²) in [5, 5.41) is 5.92. The smallest absolute Gasteiger partial charge is 0.246 e. The van der Waals surface area contributed by atoms with Crippen LogP contribution in [0.15, 0.2) is 37.1 Å². The first-order valence-electron chi connectivity index (χ1n) is 10.4. The number of hydrogen-bond acceptors (Lipinski definition) is 6. The van der Waals surface area contributed by atoms with Crippen LogP contribution in [0.25, 0.3) is 0 Å². The first-order valence-corrected chi connectivity index (χ1v) is 10.4. The van der Waals surface area contributed by atoms with Gasteiger partial charge in [0.15, 0.2) is 23.2 Å². The number of hydrogen-bond donors (Lipinski definition) is 2. The highest BCUT2D eigenvalue weighted by Crippen LogP contribution is 2.24. The van der Waals surface area contributed by atoms with E-state index in [1.807, 2.05) is 6.92 Å². The third kappa shape index (κ3) is 6.13. The number of nitrogens with zero attached hydrogens (tertiary/aromatic N) is 3. The molecule has 1 aromatic heterocycles. The van der Waals surface area contributed by atoms with Crippen molar-refractivity contribution in [2.75, 3.05) is 30.3 Å². The van der Waals surface area contributed by atoms with Crippen LogP contribution in [0.5, 0.6) is 5.75 Å². The van der Waals surface area contributed by atoms with Crippen molar-refractivity contribution < 1.29 is 18.3 Å². The quantitative estimate of drug-likeness (QED) is 0.456. The fraction of sp³-hybridized carbons (Fsp3) is 0.409. The Bertz CT molecular complexity index is 925. The zero-order chi connectivity index (χ0) is 22.2.